The monoisotopic (exact) mass is 274 g/mol. The van der Waals surface area contributed by atoms with E-state index < -0.39 is 0 Å². The molecule has 0 amide bonds. The standard InChI is InChI=1S/C15H18N2O3/c1-10-4-5-11(9-16)15(18)17(10)13-8-12(19-2)6-7-14(13)20-3/h4-8H,9,16H2,1-3H3. The van der Waals surface area contributed by atoms with Crippen molar-refractivity contribution in [3.8, 4) is 17.2 Å². The molecule has 0 saturated carbocycles. The van der Waals surface area contributed by atoms with Crippen LogP contribution >= 0.6 is 0 Å². The van der Waals surface area contributed by atoms with Gasteiger partial charge in [-0.15, -0.1) is 0 Å². The molecule has 2 rings (SSSR count). The van der Waals surface area contributed by atoms with Crippen LogP contribution in [-0.2, 0) is 6.54 Å². The van der Waals surface area contributed by atoms with Gasteiger partial charge in [0, 0.05) is 23.9 Å². The summed E-state index contributed by atoms with van der Waals surface area (Å²) in [4.78, 5) is 12.5. The van der Waals surface area contributed by atoms with Crippen molar-refractivity contribution in [3.63, 3.8) is 0 Å². The lowest BCUT2D eigenvalue weighted by molar-refractivity contribution is 0.401. The minimum atomic E-state index is -0.140. The third kappa shape index (κ3) is 2.40. The predicted molar refractivity (Wildman–Crippen MR) is 77.8 cm³/mol. The van der Waals surface area contributed by atoms with E-state index in [1.54, 1.807) is 43.1 Å². The number of methoxy groups -OCH3 is 2. The lowest BCUT2D eigenvalue weighted by Crippen LogP contribution is -2.25. The van der Waals surface area contributed by atoms with Crippen molar-refractivity contribution in [1.82, 2.24) is 4.57 Å². The average molecular weight is 274 g/mol. The van der Waals surface area contributed by atoms with E-state index in [4.69, 9.17) is 15.2 Å². The summed E-state index contributed by atoms with van der Waals surface area (Å²) >= 11 is 0. The first kappa shape index (κ1) is 14.1. The number of nitrogens with zero attached hydrogens (tertiary/aromatic N) is 1. The Morgan fingerprint density at radius 3 is 2.50 bits per heavy atom. The van der Waals surface area contributed by atoms with Crippen molar-refractivity contribution in [2.24, 2.45) is 5.73 Å². The fourth-order valence-corrected chi connectivity index (χ4v) is 2.10. The molecule has 2 N–H and O–H groups in total. The van der Waals surface area contributed by atoms with Crippen LogP contribution in [0.2, 0.25) is 0 Å². The third-order valence-corrected chi connectivity index (χ3v) is 3.20. The third-order valence-electron chi connectivity index (χ3n) is 3.20. The highest BCUT2D eigenvalue weighted by molar-refractivity contribution is 5.52. The number of hydrogen-bond acceptors (Lipinski definition) is 4. The zero-order valence-electron chi connectivity index (χ0n) is 11.8. The second kappa shape index (κ2) is 5.79. The normalized spacial score (nSPS) is 10.4. The first-order valence-corrected chi connectivity index (χ1v) is 6.26. The first-order valence-electron chi connectivity index (χ1n) is 6.26. The highest BCUT2D eigenvalue weighted by Crippen LogP contribution is 2.27. The lowest BCUT2D eigenvalue weighted by Gasteiger charge is -2.15. The van der Waals surface area contributed by atoms with Crippen molar-refractivity contribution < 1.29 is 9.47 Å². The smallest absolute Gasteiger partial charge is 0.259 e. The van der Waals surface area contributed by atoms with E-state index in [0.717, 1.165) is 5.69 Å². The van der Waals surface area contributed by atoms with Crippen LogP contribution in [0.15, 0.2) is 35.1 Å². The SMILES string of the molecule is COc1ccc(OC)c(-n2c(C)ccc(CN)c2=O)c1. The Balaban J connectivity index is 2.76. The summed E-state index contributed by atoms with van der Waals surface area (Å²) in [6.07, 6.45) is 0. The van der Waals surface area contributed by atoms with Gasteiger partial charge in [0.25, 0.3) is 5.56 Å². The highest BCUT2D eigenvalue weighted by atomic mass is 16.5. The molecule has 0 atom stereocenters. The molecule has 0 aliphatic carbocycles. The second-order valence-corrected chi connectivity index (χ2v) is 4.38. The topological polar surface area (TPSA) is 66.5 Å². The molecule has 5 heteroatoms. The molecular formula is C15H18N2O3. The number of aromatic nitrogens is 1. The van der Waals surface area contributed by atoms with Gasteiger partial charge in [0.2, 0.25) is 0 Å². The molecule has 0 aliphatic heterocycles. The van der Waals surface area contributed by atoms with E-state index in [9.17, 15) is 4.79 Å². The number of pyridine rings is 1. The van der Waals surface area contributed by atoms with Gasteiger partial charge < -0.3 is 15.2 Å². The lowest BCUT2D eigenvalue weighted by atomic mass is 10.2. The molecule has 106 valence electrons. The van der Waals surface area contributed by atoms with Crippen LogP contribution in [0, 0.1) is 6.92 Å². The summed E-state index contributed by atoms with van der Waals surface area (Å²) < 4.78 is 12.1. The van der Waals surface area contributed by atoms with Crippen LogP contribution in [0.5, 0.6) is 11.5 Å². The minimum absolute atomic E-state index is 0.140. The number of ether oxygens (including phenoxy) is 2. The molecule has 0 fully saturated rings. The highest BCUT2D eigenvalue weighted by Gasteiger charge is 2.13. The molecule has 1 aromatic heterocycles. The summed E-state index contributed by atoms with van der Waals surface area (Å²) in [5.41, 5.74) is 7.47. The Bertz CT molecular complexity index is 677. The molecular weight excluding hydrogens is 256 g/mol. The van der Waals surface area contributed by atoms with E-state index in [-0.39, 0.29) is 12.1 Å². The van der Waals surface area contributed by atoms with E-state index >= 15 is 0 Å². The molecule has 20 heavy (non-hydrogen) atoms. The zero-order valence-corrected chi connectivity index (χ0v) is 11.8. The van der Waals surface area contributed by atoms with Crippen LogP contribution in [0.1, 0.15) is 11.3 Å². The maximum absolute atomic E-state index is 12.5. The predicted octanol–water partition coefficient (Wildman–Crippen LogP) is 1.62. The van der Waals surface area contributed by atoms with Gasteiger partial charge in [-0.05, 0) is 25.1 Å². The zero-order chi connectivity index (χ0) is 14.7. The van der Waals surface area contributed by atoms with Gasteiger partial charge >= 0.3 is 0 Å². The summed E-state index contributed by atoms with van der Waals surface area (Å²) in [5.74, 6) is 1.26. The van der Waals surface area contributed by atoms with Crippen molar-refractivity contribution in [2.45, 2.75) is 13.5 Å². The first-order chi connectivity index (χ1) is 9.62. The van der Waals surface area contributed by atoms with Gasteiger partial charge in [-0.3, -0.25) is 9.36 Å². The van der Waals surface area contributed by atoms with Gasteiger partial charge in [0.05, 0.1) is 19.9 Å². The van der Waals surface area contributed by atoms with Crippen molar-refractivity contribution in [2.75, 3.05) is 14.2 Å². The number of hydrogen-bond donors (Lipinski definition) is 1. The number of benzene rings is 1. The molecule has 0 saturated heterocycles. The summed E-state index contributed by atoms with van der Waals surface area (Å²) in [5, 5.41) is 0. The molecule has 0 unspecified atom stereocenters. The molecule has 0 aliphatic rings. The van der Waals surface area contributed by atoms with Crippen molar-refractivity contribution in [3.05, 3.63) is 51.9 Å². The maximum atomic E-state index is 12.5. The molecule has 1 aromatic carbocycles. The van der Waals surface area contributed by atoms with E-state index in [1.807, 2.05) is 13.0 Å². The Morgan fingerprint density at radius 1 is 1.15 bits per heavy atom. The minimum Gasteiger partial charge on any atom is -0.497 e. The van der Waals surface area contributed by atoms with E-state index in [2.05, 4.69) is 0 Å². The van der Waals surface area contributed by atoms with E-state index in [0.29, 0.717) is 22.7 Å². The van der Waals surface area contributed by atoms with Crippen LogP contribution in [0.4, 0.5) is 0 Å². The molecule has 5 nitrogen and oxygen atoms in total. The van der Waals surface area contributed by atoms with Gasteiger partial charge in [0.1, 0.15) is 11.5 Å². The Morgan fingerprint density at radius 2 is 1.90 bits per heavy atom. The molecule has 0 radical (unpaired) electrons. The van der Waals surface area contributed by atoms with Crippen LogP contribution < -0.4 is 20.8 Å². The largest absolute Gasteiger partial charge is 0.497 e. The molecule has 2 aromatic rings. The summed E-state index contributed by atoms with van der Waals surface area (Å²) in [7, 11) is 3.15. The van der Waals surface area contributed by atoms with Crippen molar-refractivity contribution in [1.29, 1.82) is 0 Å². The summed E-state index contributed by atoms with van der Waals surface area (Å²) in [6, 6.07) is 8.95. The maximum Gasteiger partial charge on any atom is 0.259 e. The number of nitrogens with two attached hydrogens (primary N) is 1. The Hall–Kier alpha value is -2.27. The van der Waals surface area contributed by atoms with Gasteiger partial charge in [0.15, 0.2) is 0 Å². The fraction of sp³-hybridized carbons (Fsp3) is 0.267. The van der Waals surface area contributed by atoms with Crippen LogP contribution in [0.3, 0.4) is 0 Å². The number of aryl methyl sites for hydroxylation is 1. The van der Waals surface area contributed by atoms with Gasteiger partial charge in [-0.25, -0.2) is 0 Å². The number of rotatable bonds is 4. The fourth-order valence-electron chi connectivity index (χ4n) is 2.10. The van der Waals surface area contributed by atoms with Crippen LogP contribution in [-0.4, -0.2) is 18.8 Å². The second-order valence-electron chi connectivity index (χ2n) is 4.38. The summed E-state index contributed by atoms with van der Waals surface area (Å²) in [6.45, 7) is 2.06. The molecule has 0 bridgehead atoms. The van der Waals surface area contributed by atoms with Crippen molar-refractivity contribution >= 4 is 0 Å². The average Bonchev–Trinajstić information content (AvgIpc) is 2.47. The Kier molecular flexibility index (Phi) is 4.10. The van der Waals surface area contributed by atoms with Gasteiger partial charge in [-0.2, -0.15) is 0 Å². The quantitative estimate of drug-likeness (QED) is 0.920. The van der Waals surface area contributed by atoms with E-state index in [1.165, 1.54) is 0 Å². The van der Waals surface area contributed by atoms with Gasteiger partial charge in [-0.1, -0.05) is 6.07 Å². The Labute approximate surface area is 117 Å². The molecule has 0 spiro atoms. The van der Waals surface area contributed by atoms with Crippen LogP contribution in [0.25, 0.3) is 5.69 Å². The molecule has 1 heterocycles.